The van der Waals surface area contributed by atoms with Gasteiger partial charge in [-0.05, 0) is 70.0 Å². The fraction of sp³-hybridized carbons (Fsp3) is 0.588. The largest absolute Gasteiger partial charge is 0.462 e. The molecule has 0 atom stereocenters. The number of hydrogen-bond donors (Lipinski definition) is 2. The number of carbonyl (C=O) groups excluding carboxylic acids is 3. The van der Waals surface area contributed by atoms with Gasteiger partial charge in [-0.2, -0.15) is 0 Å². The van der Waals surface area contributed by atoms with Crippen molar-refractivity contribution in [2.45, 2.75) is 59.7 Å². The lowest BCUT2D eigenvalue weighted by molar-refractivity contribution is -0.184. The summed E-state index contributed by atoms with van der Waals surface area (Å²) < 4.78 is 11.0. The molecule has 0 aromatic carbocycles. The van der Waals surface area contributed by atoms with Crippen LogP contribution in [-0.2, 0) is 19.1 Å². The number of carbonyl (C=O) groups is 3. The van der Waals surface area contributed by atoms with Gasteiger partial charge in [-0.3, -0.25) is 10.2 Å². The van der Waals surface area contributed by atoms with Crippen molar-refractivity contribution in [3.63, 3.8) is 0 Å². The molecule has 152 valence electrons. The molecule has 0 unspecified atom stereocenters. The molecular formula is C17H25BrN2O6S. The first-order chi connectivity index (χ1) is 12.3. The van der Waals surface area contributed by atoms with Gasteiger partial charge in [0.15, 0.2) is 5.60 Å². The van der Waals surface area contributed by atoms with Gasteiger partial charge in [-0.15, -0.1) is 11.3 Å². The third-order valence-electron chi connectivity index (χ3n) is 3.08. The summed E-state index contributed by atoms with van der Waals surface area (Å²) in [6, 6.07) is -0.745. The second-order valence-electron chi connectivity index (χ2n) is 7.10. The Morgan fingerprint density at radius 2 is 1.74 bits per heavy atom. The molecule has 27 heavy (non-hydrogen) atoms. The van der Waals surface area contributed by atoms with Crippen LogP contribution >= 0.6 is 27.3 Å². The van der Waals surface area contributed by atoms with Gasteiger partial charge in [0.2, 0.25) is 0 Å². The molecule has 0 saturated heterocycles. The lowest BCUT2D eigenvalue weighted by Gasteiger charge is -2.27. The predicted octanol–water partition coefficient (Wildman–Crippen LogP) is 4.17. The number of thiophene rings is 1. The van der Waals surface area contributed by atoms with Crippen LogP contribution < -0.4 is 10.8 Å². The Bertz CT molecular complexity index is 724. The first-order valence-electron chi connectivity index (χ1n) is 8.23. The SMILES string of the molecule is CCOC(=O)c1c(NC(=O)NOC(C)(C)C(=O)OC(C)(C)C)sc(Br)c1C. The molecular weight excluding hydrogens is 440 g/mol. The van der Waals surface area contributed by atoms with E-state index in [1.165, 1.54) is 25.2 Å². The maximum atomic E-state index is 12.2. The number of urea groups is 1. The average Bonchev–Trinajstić information content (AvgIpc) is 2.78. The number of hydrogen-bond acceptors (Lipinski definition) is 7. The van der Waals surface area contributed by atoms with Crippen molar-refractivity contribution in [3.8, 4) is 0 Å². The summed E-state index contributed by atoms with van der Waals surface area (Å²) in [6.07, 6.45) is 0. The molecule has 0 aliphatic carbocycles. The molecule has 0 bridgehead atoms. The fourth-order valence-corrected chi connectivity index (χ4v) is 3.37. The van der Waals surface area contributed by atoms with Gasteiger partial charge in [-0.25, -0.2) is 19.9 Å². The molecule has 0 saturated carbocycles. The van der Waals surface area contributed by atoms with Gasteiger partial charge in [0.05, 0.1) is 16.0 Å². The van der Waals surface area contributed by atoms with Crippen molar-refractivity contribution < 1.29 is 28.7 Å². The molecule has 1 heterocycles. The number of nitrogens with one attached hydrogen (secondary N) is 2. The maximum absolute atomic E-state index is 12.2. The first kappa shape index (κ1) is 23.4. The van der Waals surface area contributed by atoms with E-state index in [0.29, 0.717) is 14.4 Å². The number of rotatable bonds is 6. The van der Waals surface area contributed by atoms with E-state index in [1.807, 2.05) is 0 Å². The quantitative estimate of drug-likeness (QED) is 0.483. The molecule has 1 aromatic heterocycles. The fourth-order valence-electron chi connectivity index (χ4n) is 1.77. The summed E-state index contributed by atoms with van der Waals surface area (Å²) in [6.45, 7) is 11.8. The summed E-state index contributed by atoms with van der Waals surface area (Å²) in [5, 5.41) is 2.83. The maximum Gasteiger partial charge on any atom is 0.343 e. The van der Waals surface area contributed by atoms with Crippen LogP contribution in [0.25, 0.3) is 0 Å². The smallest absolute Gasteiger partial charge is 0.343 e. The monoisotopic (exact) mass is 464 g/mol. The van der Waals surface area contributed by atoms with E-state index in [2.05, 4.69) is 26.7 Å². The minimum atomic E-state index is -1.40. The van der Waals surface area contributed by atoms with E-state index in [1.54, 1.807) is 34.6 Å². The highest BCUT2D eigenvalue weighted by Gasteiger charge is 2.35. The second kappa shape index (κ2) is 9.03. The Morgan fingerprint density at radius 3 is 2.26 bits per heavy atom. The second-order valence-corrected chi connectivity index (χ2v) is 9.43. The topological polar surface area (TPSA) is 103 Å². The summed E-state index contributed by atoms with van der Waals surface area (Å²) >= 11 is 4.51. The summed E-state index contributed by atoms with van der Waals surface area (Å²) in [5.74, 6) is -1.17. The minimum absolute atomic E-state index is 0.213. The third kappa shape index (κ3) is 6.78. The number of amides is 2. The molecule has 2 N–H and O–H groups in total. The third-order valence-corrected chi connectivity index (χ3v) is 5.16. The van der Waals surface area contributed by atoms with Crippen LogP contribution in [0.1, 0.15) is 57.5 Å². The van der Waals surface area contributed by atoms with E-state index >= 15 is 0 Å². The van der Waals surface area contributed by atoms with Crippen LogP contribution in [0.3, 0.4) is 0 Å². The van der Waals surface area contributed by atoms with Crippen molar-refractivity contribution in [2.75, 3.05) is 11.9 Å². The molecule has 0 fully saturated rings. The van der Waals surface area contributed by atoms with Crippen LogP contribution in [0.2, 0.25) is 0 Å². The zero-order valence-electron chi connectivity index (χ0n) is 16.4. The lowest BCUT2D eigenvalue weighted by atomic mass is 10.1. The first-order valence-corrected chi connectivity index (χ1v) is 9.84. The number of esters is 2. The van der Waals surface area contributed by atoms with Crippen molar-refractivity contribution in [1.29, 1.82) is 0 Å². The van der Waals surface area contributed by atoms with Crippen molar-refractivity contribution in [1.82, 2.24) is 5.48 Å². The standard InChI is InChI=1S/C17H25BrN2O6S/c1-8-24-13(21)10-9(2)11(18)27-12(10)19-15(23)20-26-17(6,7)14(22)25-16(3,4)5/h8H2,1-7H3,(H2,19,20,23). The molecule has 1 aromatic rings. The van der Waals surface area contributed by atoms with Gasteiger partial charge in [0.1, 0.15) is 10.6 Å². The highest BCUT2D eigenvalue weighted by molar-refractivity contribution is 9.11. The lowest BCUT2D eigenvalue weighted by Crippen LogP contribution is -2.46. The van der Waals surface area contributed by atoms with E-state index in [-0.39, 0.29) is 12.2 Å². The summed E-state index contributed by atoms with van der Waals surface area (Å²) in [7, 11) is 0. The van der Waals surface area contributed by atoms with Gasteiger partial charge >= 0.3 is 18.0 Å². The van der Waals surface area contributed by atoms with Crippen LogP contribution in [0.15, 0.2) is 3.79 Å². The molecule has 0 aliphatic rings. The van der Waals surface area contributed by atoms with Crippen LogP contribution in [0.5, 0.6) is 0 Å². The minimum Gasteiger partial charge on any atom is -0.462 e. The van der Waals surface area contributed by atoms with Gasteiger partial charge in [0, 0.05) is 0 Å². The number of hydroxylamine groups is 1. The number of anilines is 1. The molecule has 2 amide bonds. The Labute approximate surface area is 171 Å². The van der Waals surface area contributed by atoms with Crippen molar-refractivity contribution in [3.05, 3.63) is 14.9 Å². The highest BCUT2D eigenvalue weighted by Crippen LogP contribution is 2.37. The van der Waals surface area contributed by atoms with Crippen molar-refractivity contribution in [2.24, 2.45) is 0 Å². The van der Waals surface area contributed by atoms with Crippen LogP contribution in [0.4, 0.5) is 9.80 Å². The number of halogens is 1. The summed E-state index contributed by atoms with van der Waals surface area (Å²) in [4.78, 5) is 41.6. The van der Waals surface area contributed by atoms with E-state index < -0.39 is 29.2 Å². The number of ether oxygens (including phenoxy) is 2. The van der Waals surface area contributed by atoms with Gasteiger partial charge < -0.3 is 9.47 Å². The molecule has 0 spiro atoms. The molecule has 1 rings (SSSR count). The van der Waals surface area contributed by atoms with Crippen molar-refractivity contribution >= 4 is 50.2 Å². The van der Waals surface area contributed by atoms with Crippen LogP contribution in [0, 0.1) is 6.92 Å². The van der Waals surface area contributed by atoms with Gasteiger partial charge in [-0.1, -0.05) is 0 Å². The zero-order chi connectivity index (χ0) is 21.0. The van der Waals surface area contributed by atoms with E-state index in [9.17, 15) is 14.4 Å². The summed E-state index contributed by atoms with van der Waals surface area (Å²) in [5.41, 5.74) is 0.982. The Hall–Kier alpha value is -1.65. The molecule has 0 radical (unpaired) electrons. The molecule has 0 aliphatic heterocycles. The highest BCUT2D eigenvalue weighted by atomic mass is 79.9. The average molecular weight is 465 g/mol. The Balaban J connectivity index is 2.80. The zero-order valence-corrected chi connectivity index (χ0v) is 18.8. The van der Waals surface area contributed by atoms with Gasteiger partial charge in [0.25, 0.3) is 0 Å². The normalized spacial score (nSPS) is 11.7. The molecule has 8 nitrogen and oxygen atoms in total. The Morgan fingerprint density at radius 1 is 1.15 bits per heavy atom. The molecule has 10 heteroatoms. The van der Waals surface area contributed by atoms with Crippen LogP contribution in [-0.4, -0.2) is 35.8 Å². The van der Waals surface area contributed by atoms with E-state index in [4.69, 9.17) is 14.3 Å². The Kier molecular flexibility index (Phi) is 7.82. The van der Waals surface area contributed by atoms with E-state index in [0.717, 1.165) is 0 Å². The predicted molar refractivity (Wildman–Crippen MR) is 106 cm³/mol.